The molecule has 1 heterocycles. The first-order valence-corrected chi connectivity index (χ1v) is 7.85. The minimum absolute atomic E-state index is 0.142. The maximum Gasteiger partial charge on any atom is 0.220 e. The molecule has 2 aliphatic rings. The highest BCUT2D eigenvalue weighted by atomic mass is 16.1. The van der Waals surface area contributed by atoms with Gasteiger partial charge in [-0.2, -0.15) is 5.21 Å². The number of tetrazole rings is 1. The molecule has 0 atom stereocenters. The number of hydrogen-bond acceptors (Lipinski definition) is 4. The number of rotatable bonds is 5. The van der Waals surface area contributed by atoms with E-state index in [4.69, 9.17) is 0 Å². The van der Waals surface area contributed by atoms with E-state index in [-0.39, 0.29) is 5.91 Å². The number of aromatic amines is 1. The molecule has 1 aromatic carbocycles. The van der Waals surface area contributed by atoms with Crippen LogP contribution in [0, 0.1) is 5.41 Å². The Morgan fingerprint density at radius 2 is 2.14 bits per heavy atom. The van der Waals surface area contributed by atoms with Crippen LogP contribution in [-0.2, 0) is 11.2 Å². The van der Waals surface area contributed by atoms with Gasteiger partial charge in [0.25, 0.3) is 0 Å². The molecule has 1 spiro atoms. The second-order valence-electron chi connectivity index (χ2n) is 6.57. The van der Waals surface area contributed by atoms with Gasteiger partial charge in [-0.3, -0.25) is 4.79 Å². The van der Waals surface area contributed by atoms with Crippen LogP contribution in [0.5, 0.6) is 0 Å². The molecular weight excluding hydrogens is 278 g/mol. The van der Waals surface area contributed by atoms with Crippen LogP contribution in [0.15, 0.2) is 24.3 Å². The fourth-order valence-electron chi connectivity index (χ4n) is 3.45. The standard InChI is InChI=1S/C16H19N5O/c22-14(17-12-9-16(10-12)7-8-16)6-5-11-3-1-2-4-13(11)15-18-20-21-19-15/h1-4,12H,5-10H2,(H,17,22)(H,18,19,20,21). The summed E-state index contributed by atoms with van der Waals surface area (Å²) in [7, 11) is 0. The Hall–Kier alpha value is -2.24. The Labute approximate surface area is 128 Å². The van der Waals surface area contributed by atoms with Gasteiger partial charge in [-0.15, -0.1) is 10.2 Å². The predicted molar refractivity (Wildman–Crippen MR) is 80.8 cm³/mol. The van der Waals surface area contributed by atoms with E-state index in [1.54, 1.807) is 0 Å². The zero-order valence-electron chi connectivity index (χ0n) is 12.4. The molecule has 2 fully saturated rings. The minimum Gasteiger partial charge on any atom is -0.353 e. The number of carbonyl (C=O) groups is 1. The van der Waals surface area contributed by atoms with Crippen molar-refractivity contribution in [3.05, 3.63) is 29.8 Å². The lowest BCUT2D eigenvalue weighted by molar-refractivity contribution is -0.122. The zero-order valence-corrected chi connectivity index (χ0v) is 12.4. The summed E-state index contributed by atoms with van der Waals surface area (Å²) < 4.78 is 0. The van der Waals surface area contributed by atoms with Crippen LogP contribution in [0.25, 0.3) is 11.4 Å². The van der Waals surface area contributed by atoms with E-state index >= 15 is 0 Å². The summed E-state index contributed by atoms with van der Waals surface area (Å²) in [6, 6.07) is 8.29. The summed E-state index contributed by atoms with van der Waals surface area (Å²) >= 11 is 0. The molecule has 0 bridgehead atoms. The van der Waals surface area contributed by atoms with Gasteiger partial charge in [0.05, 0.1) is 0 Å². The molecule has 0 aliphatic heterocycles. The molecule has 4 rings (SSSR count). The first-order valence-electron chi connectivity index (χ1n) is 7.85. The third-order valence-electron chi connectivity index (χ3n) is 4.91. The largest absolute Gasteiger partial charge is 0.353 e. The number of hydrogen-bond donors (Lipinski definition) is 2. The Balaban J connectivity index is 1.34. The van der Waals surface area contributed by atoms with Crippen LogP contribution in [0.2, 0.25) is 0 Å². The quantitative estimate of drug-likeness (QED) is 0.882. The molecule has 1 aromatic heterocycles. The van der Waals surface area contributed by atoms with Gasteiger partial charge >= 0.3 is 0 Å². The topological polar surface area (TPSA) is 83.6 Å². The van der Waals surface area contributed by atoms with E-state index in [1.165, 1.54) is 25.7 Å². The predicted octanol–water partition coefficient (Wildman–Crippen LogP) is 1.86. The molecule has 114 valence electrons. The number of carbonyl (C=O) groups excluding carboxylic acids is 1. The fraction of sp³-hybridized carbons (Fsp3) is 0.500. The van der Waals surface area contributed by atoms with Crippen molar-refractivity contribution in [1.29, 1.82) is 0 Å². The van der Waals surface area contributed by atoms with Crippen molar-refractivity contribution in [3.63, 3.8) is 0 Å². The Morgan fingerprint density at radius 3 is 2.86 bits per heavy atom. The van der Waals surface area contributed by atoms with Crippen molar-refractivity contribution >= 4 is 5.91 Å². The van der Waals surface area contributed by atoms with E-state index in [9.17, 15) is 4.79 Å². The van der Waals surface area contributed by atoms with Gasteiger partial charge in [-0.1, -0.05) is 24.3 Å². The molecule has 6 nitrogen and oxygen atoms in total. The Kier molecular flexibility index (Phi) is 3.17. The summed E-state index contributed by atoms with van der Waals surface area (Å²) in [5.41, 5.74) is 2.64. The lowest BCUT2D eigenvalue weighted by Crippen LogP contribution is -2.45. The van der Waals surface area contributed by atoms with Crippen LogP contribution in [0.3, 0.4) is 0 Å². The number of aryl methyl sites for hydroxylation is 1. The monoisotopic (exact) mass is 297 g/mol. The molecule has 2 saturated carbocycles. The number of H-pyrrole nitrogens is 1. The van der Waals surface area contributed by atoms with E-state index in [1.807, 2.05) is 24.3 Å². The van der Waals surface area contributed by atoms with E-state index in [0.29, 0.717) is 30.1 Å². The summed E-state index contributed by atoms with van der Waals surface area (Å²) in [4.78, 5) is 12.1. The summed E-state index contributed by atoms with van der Waals surface area (Å²) in [6.45, 7) is 0. The molecule has 22 heavy (non-hydrogen) atoms. The van der Waals surface area contributed by atoms with Crippen LogP contribution in [0.4, 0.5) is 0 Å². The number of nitrogens with zero attached hydrogens (tertiary/aromatic N) is 3. The summed E-state index contributed by atoms with van der Waals surface area (Å²) in [5, 5.41) is 17.3. The number of nitrogens with one attached hydrogen (secondary N) is 2. The highest BCUT2D eigenvalue weighted by Crippen LogP contribution is 2.60. The summed E-state index contributed by atoms with van der Waals surface area (Å²) in [6.07, 6.45) is 6.26. The van der Waals surface area contributed by atoms with Gasteiger partial charge in [0.15, 0.2) is 0 Å². The lowest BCUT2D eigenvalue weighted by Gasteiger charge is -2.36. The third kappa shape index (κ3) is 2.61. The van der Waals surface area contributed by atoms with Gasteiger partial charge in [0.1, 0.15) is 0 Å². The number of benzene rings is 1. The average molecular weight is 297 g/mol. The maximum atomic E-state index is 12.1. The van der Waals surface area contributed by atoms with Gasteiger partial charge in [-0.25, -0.2) is 0 Å². The van der Waals surface area contributed by atoms with E-state index in [0.717, 1.165) is 11.1 Å². The smallest absolute Gasteiger partial charge is 0.220 e. The minimum atomic E-state index is 0.142. The molecule has 0 saturated heterocycles. The molecule has 2 aliphatic carbocycles. The van der Waals surface area contributed by atoms with Crippen LogP contribution in [0.1, 0.15) is 37.7 Å². The summed E-state index contributed by atoms with van der Waals surface area (Å²) in [5.74, 6) is 0.717. The molecular formula is C16H19N5O. The van der Waals surface area contributed by atoms with Crippen LogP contribution < -0.4 is 5.32 Å². The Bertz CT molecular complexity index is 670. The second kappa shape index (κ2) is 5.19. The van der Waals surface area contributed by atoms with Crippen molar-refractivity contribution in [1.82, 2.24) is 25.9 Å². The maximum absolute atomic E-state index is 12.1. The second-order valence-corrected chi connectivity index (χ2v) is 6.57. The lowest BCUT2D eigenvalue weighted by atomic mass is 9.77. The molecule has 6 heteroatoms. The van der Waals surface area contributed by atoms with Gasteiger partial charge in [0.2, 0.25) is 11.7 Å². The number of amides is 1. The van der Waals surface area contributed by atoms with Gasteiger partial charge < -0.3 is 5.32 Å². The van der Waals surface area contributed by atoms with Gasteiger partial charge in [-0.05, 0) is 48.3 Å². The van der Waals surface area contributed by atoms with Crippen molar-refractivity contribution in [3.8, 4) is 11.4 Å². The van der Waals surface area contributed by atoms with Crippen molar-refractivity contribution in [2.75, 3.05) is 0 Å². The molecule has 0 radical (unpaired) electrons. The normalized spacial score (nSPS) is 18.9. The molecule has 1 amide bonds. The first-order chi connectivity index (χ1) is 10.7. The number of aromatic nitrogens is 4. The van der Waals surface area contributed by atoms with Gasteiger partial charge in [0, 0.05) is 18.0 Å². The zero-order chi connectivity index (χ0) is 15.0. The molecule has 2 N–H and O–H groups in total. The molecule has 0 unspecified atom stereocenters. The van der Waals surface area contributed by atoms with E-state index < -0.39 is 0 Å². The van der Waals surface area contributed by atoms with Crippen LogP contribution >= 0.6 is 0 Å². The highest BCUT2D eigenvalue weighted by molar-refractivity contribution is 5.77. The highest BCUT2D eigenvalue weighted by Gasteiger charge is 2.53. The molecule has 2 aromatic rings. The first kappa shape index (κ1) is 13.4. The fourth-order valence-corrected chi connectivity index (χ4v) is 3.45. The SMILES string of the molecule is O=C(CCc1ccccc1-c1nn[nH]n1)NC1CC2(CC2)C1. The van der Waals surface area contributed by atoms with Crippen molar-refractivity contribution in [2.24, 2.45) is 5.41 Å². The average Bonchev–Trinajstić information content (AvgIpc) is 3.10. The van der Waals surface area contributed by atoms with E-state index in [2.05, 4.69) is 25.9 Å². The van der Waals surface area contributed by atoms with Crippen molar-refractivity contribution in [2.45, 2.75) is 44.6 Å². The van der Waals surface area contributed by atoms with Crippen molar-refractivity contribution < 1.29 is 4.79 Å². The van der Waals surface area contributed by atoms with Crippen LogP contribution in [-0.4, -0.2) is 32.6 Å². The third-order valence-corrected chi connectivity index (χ3v) is 4.91. The Morgan fingerprint density at radius 1 is 1.32 bits per heavy atom.